The van der Waals surface area contributed by atoms with Crippen LogP contribution in [0.25, 0.3) is 11.5 Å². The Labute approximate surface area is 214 Å². The van der Waals surface area contributed by atoms with Gasteiger partial charge in [0.2, 0.25) is 0 Å². The van der Waals surface area contributed by atoms with Gasteiger partial charge in [-0.2, -0.15) is 0 Å². The molecule has 3 aromatic rings. The molecule has 1 aliphatic heterocycles. The number of hydrogen-bond acceptors (Lipinski definition) is 7. The third kappa shape index (κ3) is 5.66. The molecule has 0 radical (unpaired) electrons. The molecule has 8 nitrogen and oxygen atoms in total. The smallest absolute Gasteiger partial charge is 0.261 e. The second-order valence-electron chi connectivity index (χ2n) is 8.80. The predicted molar refractivity (Wildman–Crippen MR) is 141 cm³/mol. The van der Waals surface area contributed by atoms with E-state index < -0.39 is 0 Å². The molecule has 0 bridgehead atoms. The number of halogens is 2. The standard InChI is InChI=1S/C25H27Cl2N7O/c26-16-5-6-21(20(27)13-16)32-25(35)19-15-30-24(33-23(19)31-17-3-1-2-4-17)22-14-18(7-8-29-22)34-11-9-28-10-12-34/h5-8,13-15,17,28H,1-4,9-12H2,(H,32,35)(H,30,31,33). The van der Waals surface area contributed by atoms with Crippen molar-refractivity contribution < 1.29 is 4.79 Å². The van der Waals surface area contributed by atoms with Crippen LogP contribution in [-0.4, -0.2) is 53.1 Å². The Kier molecular flexibility index (Phi) is 7.32. The molecule has 0 spiro atoms. The van der Waals surface area contributed by atoms with Crippen LogP contribution in [0, 0.1) is 0 Å². The van der Waals surface area contributed by atoms with E-state index in [1.165, 1.54) is 0 Å². The first-order valence-corrected chi connectivity index (χ1v) is 12.6. The van der Waals surface area contributed by atoms with Gasteiger partial charge in [-0.15, -0.1) is 0 Å². The van der Waals surface area contributed by atoms with Crippen molar-refractivity contribution in [3.05, 3.63) is 58.3 Å². The first kappa shape index (κ1) is 23.8. The molecule has 0 atom stereocenters. The van der Waals surface area contributed by atoms with Crippen LogP contribution in [0.5, 0.6) is 0 Å². The molecular formula is C25H27Cl2N7O. The molecule has 2 aromatic heterocycles. The first-order chi connectivity index (χ1) is 17.1. The minimum atomic E-state index is -0.344. The number of carbonyl (C=O) groups excluding carboxylic acids is 1. The lowest BCUT2D eigenvalue weighted by Gasteiger charge is -2.29. The summed E-state index contributed by atoms with van der Waals surface area (Å²) in [7, 11) is 0. The highest BCUT2D eigenvalue weighted by atomic mass is 35.5. The summed E-state index contributed by atoms with van der Waals surface area (Å²) in [5.74, 6) is 0.631. The number of nitrogens with zero attached hydrogens (tertiary/aromatic N) is 4. The number of benzene rings is 1. The molecule has 182 valence electrons. The second kappa shape index (κ2) is 10.8. The Morgan fingerprint density at radius 2 is 1.86 bits per heavy atom. The van der Waals surface area contributed by atoms with Crippen molar-refractivity contribution >= 4 is 46.3 Å². The summed E-state index contributed by atoms with van der Waals surface area (Å²) in [5.41, 5.74) is 2.58. The van der Waals surface area contributed by atoms with Crippen LogP contribution in [0.4, 0.5) is 17.2 Å². The van der Waals surface area contributed by atoms with E-state index in [2.05, 4.69) is 30.8 Å². The molecule has 10 heteroatoms. The van der Waals surface area contributed by atoms with Crippen molar-refractivity contribution in [2.75, 3.05) is 41.7 Å². The molecule has 1 aliphatic carbocycles. The topological polar surface area (TPSA) is 95.1 Å². The fraction of sp³-hybridized carbons (Fsp3) is 0.360. The molecule has 3 N–H and O–H groups in total. The molecule has 0 unspecified atom stereocenters. The number of nitrogens with one attached hydrogen (secondary N) is 3. The minimum Gasteiger partial charge on any atom is -0.369 e. The lowest BCUT2D eigenvalue weighted by atomic mass is 10.2. The largest absolute Gasteiger partial charge is 0.369 e. The number of rotatable bonds is 6. The van der Waals surface area contributed by atoms with E-state index in [1.807, 2.05) is 12.1 Å². The van der Waals surface area contributed by atoms with Gasteiger partial charge < -0.3 is 20.9 Å². The Bertz CT molecular complexity index is 1210. The molecule has 2 fully saturated rings. The average molecular weight is 512 g/mol. The minimum absolute atomic E-state index is 0.267. The molecule has 1 saturated carbocycles. The summed E-state index contributed by atoms with van der Waals surface area (Å²) in [6.07, 6.45) is 7.74. The molecule has 35 heavy (non-hydrogen) atoms. The molecule has 3 heterocycles. The van der Waals surface area contributed by atoms with Crippen LogP contribution in [0.1, 0.15) is 36.0 Å². The zero-order chi connectivity index (χ0) is 24.2. The maximum atomic E-state index is 13.2. The Morgan fingerprint density at radius 3 is 2.63 bits per heavy atom. The van der Waals surface area contributed by atoms with Gasteiger partial charge >= 0.3 is 0 Å². The van der Waals surface area contributed by atoms with Crippen LogP contribution < -0.4 is 20.9 Å². The molecule has 1 saturated heterocycles. The Hall–Kier alpha value is -2.94. The zero-order valence-corrected chi connectivity index (χ0v) is 20.7. The van der Waals surface area contributed by atoms with Crippen molar-refractivity contribution in [1.29, 1.82) is 0 Å². The second-order valence-corrected chi connectivity index (χ2v) is 9.64. The average Bonchev–Trinajstić information content (AvgIpc) is 3.39. The third-order valence-corrected chi connectivity index (χ3v) is 6.91. The molecule has 5 rings (SSSR count). The van der Waals surface area contributed by atoms with Gasteiger partial charge in [0.05, 0.1) is 10.7 Å². The third-order valence-electron chi connectivity index (χ3n) is 6.36. The summed E-state index contributed by atoms with van der Waals surface area (Å²) >= 11 is 12.2. The highest BCUT2D eigenvalue weighted by Crippen LogP contribution is 2.29. The predicted octanol–water partition coefficient (Wildman–Crippen LogP) is 4.86. The van der Waals surface area contributed by atoms with Gasteiger partial charge in [-0.3, -0.25) is 9.78 Å². The molecule has 2 aliphatic rings. The van der Waals surface area contributed by atoms with Gasteiger partial charge in [-0.25, -0.2) is 9.97 Å². The number of hydrogen-bond donors (Lipinski definition) is 3. The van der Waals surface area contributed by atoms with Crippen molar-refractivity contribution in [2.45, 2.75) is 31.7 Å². The number of anilines is 3. The number of pyridine rings is 1. The van der Waals surface area contributed by atoms with Crippen LogP contribution >= 0.6 is 23.2 Å². The van der Waals surface area contributed by atoms with E-state index in [0.717, 1.165) is 57.5 Å². The van der Waals surface area contributed by atoms with Crippen LogP contribution in [0.15, 0.2) is 42.7 Å². The summed E-state index contributed by atoms with van der Waals surface area (Å²) in [6, 6.07) is 9.22. The van der Waals surface area contributed by atoms with Crippen molar-refractivity contribution in [2.24, 2.45) is 0 Å². The van der Waals surface area contributed by atoms with Gasteiger partial charge in [-0.05, 0) is 43.2 Å². The Balaban J connectivity index is 1.45. The summed E-state index contributed by atoms with van der Waals surface area (Å²) < 4.78 is 0. The summed E-state index contributed by atoms with van der Waals surface area (Å²) in [5, 5.41) is 10.6. The van der Waals surface area contributed by atoms with E-state index >= 15 is 0 Å². The molecule has 1 aromatic carbocycles. The maximum absolute atomic E-state index is 13.2. The van der Waals surface area contributed by atoms with Gasteiger partial charge in [0, 0.05) is 55.3 Å². The highest BCUT2D eigenvalue weighted by molar-refractivity contribution is 6.36. The first-order valence-electron chi connectivity index (χ1n) is 11.9. The van der Waals surface area contributed by atoms with E-state index in [9.17, 15) is 4.79 Å². The van der Waals surface area contributed by atoms with Gasteiger partial charge in [0.25, 0.3) is 5.91 Å². The number of amides is 1. The van der Waals surface area contributed by atoms with Crippen molar-refractivity contribution in [1.82, 2.24) is 20.3 Å². The fourth-order valence-corrected chi connectivity index (χ4v) is 4.94. The van der Waals surface area contributed by atoms with Crippen LogP contribution in [0.3, 0.4) is 0 Å². The number of piperazine rings is 1. The normalized spacial score (nSPS) is 16.3. The van der Waals surface area contributed by atoms with E-state index in [0.29, 0.717) is 38.6 Å². The highest BCUT2D eigenvalue weighted by Gasteiger charge is 2.22. The van der Waals surface area contributed by atoms with Gasteiger partial charge in [0.15, 0.2) is 5.82 Å². The van der Waals surface area contributed by atoms with Crippen molar-refractivity contribution in [3.8, 4) is 11.5 Å². The molecule has 1 amide bonds. The van der Waals surface area contributed by atoms with Crippen LogP contribution in [0.2, 0.25) is 10.0 Å². The zero-order valence-electron chi connectivity index (χ0n) is 19.2. The number of aromatic nitrogens is 3. The van der Waals surface area contributed by atoms with Crippen molar-refractivity contribution in [3.63, 3.8) is 0 Å². The fourth-order valence-electron chi connectivity index (χ4n) is 4.49. The lowest BCUT2D eigenvalue weighted by Crippen LogP contribution is -2.43. The van der Waals surface area contributed by atoms with E-state index in [-0.39, 0.29) is 11.9 Å². The van der Waals surface area contributed by atoms with Crippen LogP contribution in [-0.2, 0) is 0 Å². The summed E-state index contributed by atoms with van der Waals surface area (Å²) in [4.78, 5) is 29.3. The summed E-state index contributed by atoms with van der Waals surface area (Å²) in [6.45, 7) is 3.77. The maximum Gasteiger partial charge on any atom is 0.261 e. The lowest BCUT2D eigenvalue weighted by molar-refractivity contribution is 0.102. The monoisotopic (exact) mass is 511 g/mol. The number of carbonyl (C=O) groups is 1. The Morgan fingerprint density at radius 1 is 1.06 bits per heavy atom. The quantitative estimate of drug-likeness (QED) is 0.434. The van der Waals surface area contributed by atoms with E-state index in [1.54, 1.807) is 30.6 Å². The van der Waals surface area contributed by atoms with Gasteiger partial charge in [-0.1, -0.05) is 36.0 Å². The molecular weight excluding hydrogens is 485 g/mol. The van der Waals surface area contributed by atoms with E-state index in [4.69, 9.17) is 28.2 Å². The SMILES string of the molecule is O=C(Nc1ccc(Cl)cc1Cl)c1cnc(-c2cc(N3CCNCC3)ccn2)nc1NC1CCCC1. The van der Waals surface area contributed by atoms with Gasteiger partial charge in [0.1, 0.15) is 17.1 Å².